The van der Waals surface area contributed by atoms with Crippen molar-refractivity contribution in [3.8, 4) is 11.5 Å². The van der Waals surface area contributed by atoms with Crippen molar-refractivity contribution in [1.82, 2.24) is 5.32 Å². The summed E-state index contributed by atoms with van der Waals surface area (Å²) in [6, 6.07) is 10.7. The third kappa shape index (κ3) is 2.49. The zero-order valence-electron chi connectivity index (χ0n) is 15.7. The highest BCUT2D eigenvalue weighted by Crippen LogP contribution is 2.50. The van der Waals surface area contributed by atoms with Crippen LogP contribution in [0, 0.1) is 0 Å². The van der Waals surface area contributed by atoms with E-state index in [1.165, 1.54) is 7.11 Å². The summed E-state index contributed by atoms with van der Waals surface area (Å²) in [7, 11) is 1.32. The molecule has 29 heavy (non-hydrogen) atoms. The van der Waals surface area contributed by atoms with Crippen LogP contribution in [0.1, 0.15) is 34.3 Å². The lowest BCUT2D eigenvalue weighted by Crippen LogP contribution is -2.29. The number of rotatable bonds is 2. The molecule has 0 spiro atoms. The van der Waals surface area contributed by atoms with Gasteiger partial charge in [-0.2, -0.15) is 0 Å². The van der Waals surface area contributed by atoms with E-state index in [9.17, 15) is 9.59 Å². The minimum atomic E-state index is -0.694. The molecule has 0 bridgehead atoms. The number of nitrogens with one attached hydrogen (secondary N) is 1. The standard InChI is InChI=1S/C22H16ClNO5/c1-10-17(22(26)27-2)18(13-7-15-16(8-14(13)23)29-9-28-15)19-20(24-10)11-5-3-4-6-12(11)21(19)25/h3-8,18,24H,9H2,1-2H3/t18-/m0/s1. The molecule has 0 unspecified atom stereocenters. The van der Waals surface area contributed by atoms with Gasteiger partial charge in [-0.25, -0.2) is 4.79 Å². The molecule has 3 aliphatic rings. The van der Waals surface area contributed by atoms with Crippen molar-refractivity contribution < 1.29 is 23.8 Å². The van der Waals surface area contributed by atoms with E-state index in [0.29, 0.717) is 50.2 Å². The zero-order chi connectivity index (χ0) is 20.3. The van der Waals surface area contributed by atoms with E-state index in [0.717, 1.165) is 5.56 Å². The van der Waals surface area contributed by atoms with Crippen LogP contribution in [0.4, 0.5) is 0 Å². The molecule has 1 aliphatic carbocycles. The summed E-state index contributed by atoms with van der Waals surface area (Å²) in [6.07, 6.45) is 0. The zero-order valence-corrected chi connectivity index (χ0v) is 16.4. The molecule has 1 atom stereocenters. The highest BCUT2D eigenvalue weighted by Gasteiger charge is 2.43. The minimum absolute atomic E-state index is 0.0956. The normalized spacial score (nSPS) is 19.1. The number of hydrogen-bond donors (Lipinski definition) is 1. The lowest BCUT2D eigenvalue weighted by atomic mass is 9.79. The molecule has 0 saturated heterocycles. The Morgan fingerprint density at radius 2 is 1.86 bits per heavy atom. The maximum atomic E-state index is 13.4. The van der Waals surface area contributed by atoms with Crippen molar-refractivity contribution in [2.75, 3.05) is 13.9 Å². The van der Waals surface area contributed by atoms with Crippen molar-refractivity contribution >= 4 is 29.1 Å². The Labute approximate surface area is 171 Å². The van der Waals surface area contributed by atoms with Gasteiger partial charge in [0.2, 0.25) is 6.79 Å². The number of dihydropyridines is 1. The van der Waals surface area contributed by atoms with E-state index in [1.807, 2.05) is 18.2 Å². The van der Waals surface area contributed by atoms with Gasteiger partial charge in [0.15, 0.2) is 17.3 Å². The van der Waals surface area contributed by atoms with Gasteiger partial charge in [-0.3, -0.25) is 4.79 Å². The summed E-state index contributed by atoms with van der Waals surface area (Å²) < 4.78 is 15.9. The average molecular weight is 410 g/mol. The SMILES string of the molecule is COC(=O)C1=C(C)NC2=C(C(=O)c3ccccc32)[C@H]1c1cc2c(cc1Cl)OCO2. The van der Waals surface area contributed by atoms with Gasteiger partial charge < -0.3 is 19.5 Å². The Bertz CT molecular complexity index is 1160. The largest absolute Gasteiger partial charge is 0.466 e. The van der Waals surface area contributed by atoms with Gasteiger partial charge in [0.1, 0.15) is 0 Å². The summed E-state index contributed by atoms with van der Waals surface area (Å²) in [5.41, 5.74) is 4.09. The van der Waals surface area contributed by atoms with Crippen LogP contribution in [0.15, 0.2) is 53.2 Å². The molecule has 2 aromatic carbocycles. The first-order valence-electron chi connectivity index (χ1n) is 9.04. The number of halogens is 1. The van der Waals surface area contributed by atoms with Crippen molar-refractivity contribution in [2.45, 2.75) is 12.8 Å². The molecular weight excluding hydrogens is 394 g/mol. The van der Waals surface area contributed by atoms with Gasteiger partial charge in [-0.05, 0) is 18.6 Å². The molecule has 2 aliphatic heterocycles. The average Bonchev–Trinajstić information content (AvgIpc) is 3.28. The van der Waals surface area contributed by atoms with Crippen LogP contribution in [0.25, 0.3) is 5.70 Å². The Morgan fingerprint density at radius 3 is 2.59 bits per heavy atom. The fraction of sp³-hybridized carbons (Fsp3) is 0.182. The fourth-order valence-electron chi connectivity index (χ4n) is 4.17. The predicted molar refractivity (Wildman–Crippen MR) is 106 cm³/mol. The lowest BCUT2D eigenvalue weighted by Gasteiger charge is -2.29. The number of benzene rings is 2. The lowest BCUT2D eigenvalue weighted by molar-refractivity contribution is -0.136. The van der Waals surface area contributed by atoms with E-state index in [1.54, 1.807) is 25.1 Å². The minimum Gasteiger partial charge on any atom is -0.466 e. The van der Waals surface area contributed by atoms with Crippen LogP contribution in [-0.2, 0) is 9.53 Å². The summed E-state index contributed by atoms with van der Waals surface area (Å²) in [5.74, 6) is -0.307. The Balaban J connectivity index is 1.77. The molecule has 6 nitrogen and oxygen atoms in total. The van der Waals surface area contributed by atoms with Gasteiger partial charge in [-0.1, -0.05) is 35.9 Å². The van der Waals surface area contributed by atoms with Gasteiger partial charge >= 0.3 is 5.97 Å². The van der Waals surface area contributed by atoms with Crippen molar-refractivity contribution in [3.63, 3.8) is 0 Å². The number of ether oxygens (including phenoxy) is 3. The second-order valence-electron chi connectivity index (χ2n) is 6.98. The molecule has 0 aromatic heterocycles. The smallest absolute Gasteiger partial charge is 0.336 e. The Morgan fingerprint density at radius 1 is 1.17 bits per heavy atom. The summed E-state index contributed by atoms with van der Waals surface area (Å²) >= 11 is 6.59. The number of Topliss-reactive ketones (excluding diaryl/α,β-unsaturated/α-hetero) is 1. The van der Waals surface area contributed by atoms with Gasteiger partial charge in [0.25, 0.3) is 0 Å². The number of ketones is 1. The molecule has 1 N–H and O–H groups in total. The number of methoxy groups -OCH3 is 1. The summed E-state index contributed by atoms with van der Waals surface area (Å²) in [6.45, 7) is 1.88. The topological polar surface area (TPSA) is 73.9 Å². The third-order valence-corrected chi connectivity index (χ3v) is 5.78. The van der Waals surface area contributed by atoms with Crippen molar-refractivity contribution in [2.24, 2.45) is 0 Å². The predicted octanol–water partition coefficient (Wildman–Crippen LogP) is 3.81. The fourth-order valence-corrected chi connectivity index (χ4v) is 4.44. The van der Waals surface area contributed by atoms with E-state index < -0.39 is 11.9 Å². The number of carbonyl (C=O) groups is 2. The van der Waals surface area contributed by atoms with Crippen LogP contribution in [-0.4, -0.2) is 25.7 Å². The first kappa shape index (κ1) is 17.8. The molecule has 2 heterocycles. The van der Waals surface area contributed by atoms with Crippen LogP contribution in [0.2, 0.25) is 5.02 Å². The van der Waals surface area contributed by atoms with Crippen LogP contribution < -0.4 is 14.8 Å². The van der Waals surface area contributed by atoms with E-state index in [2.05, 4.69) is 5.32 Å². The molecule has 0 saturated carbocycles. The number of fused-ring (bicyclic) bond motifs is 3. The van der Waals surface area contributed by atoms with Gasteiger partial charge in [0, 0.05) is 33.5 Å². The Kier molecular flexibility index (Phi) is 3.93. The second kappa shape index (κ2) is 6.39. The van der Waals surface area contributed by atoms with Crippen LogP contribution >= 0.6 is 11.6 Å². The second-order valence-corrected chi connectivity index (χ2v) is 7.39. The first-order chi connectivity index (χ1) is 14.0. The number of carbonyl (C=O) groups excluding carboxylic acids is 2. The first-order valence-corrected chi connectivity index (χ1v) is 9.42. The number of hydrogen-bond acceptors (Lipinski definition) is 6. The van der Waals surface area contributed by atoms with E-state index in [4.69, 9.17) is 25.8 Å². The summed E-state index contributed by atoms with van der Waals surface area (Å²) in [5, 5.41) is 3.62. The molecule has 146 valence electrons. The van der Waals surface area contributed by atoms with Gasteiger partial charge in [0.05, 0.1) is 24.3 Å². The Hall–Kier alpha value is -3.25. The summed E-state index contributed by atoms with van der Waals surface area (Å²) in [4.78, 5) is 26.1. The van der Waals surface area contributed by atoms with Gasteiger partial charge in [-0.15, -0.1) is 0 Å². The number of esters is 1. The van der Waals surface area contributed by atoms with E-state index in [-0.39, 0.29) is 12.6 Å². The molecular formula is C22H16ClNO5. The molecule has 7 heteroatoms. The molecule has 5 rings (SSSR count). The van der Waals surface area contributed by atoms with Crippen LogP contribution in [0.3, 0.4) is 0 Å². The molecule has 2 aromatic rings. The van der Waals surface area contributed by atoms with Crippen LogP contribution in [0.5, 0.6) is 11.5 Å². The molecule has 0 radical (unpaired) electrons. The monoisotopic (exact) mass is 409 g/mol. The molecule has 0 fully saturated rings. The molecule has 0 amide bonds. The quantitative estimate of drug-likeness (QED) is 0.760. The van der Waals surface area contributed by atoms with Crippen molar-refractivity contribution in [1.29, 1.82) is 0 Å². The third-order valence-electron chi connectivity index (χ3n) is 5.46. The number of allylic oxidation sites excluding steroid dienone is 2. The maximum absolute atomic E-state index is 13.4. The maximum Gasteiger partial charge on any atom is 0.336 e. The highest BCUT2D eigenvalue weighted by molar-refractivity contribution is 6.32. The van der Waals surface area contributed by atoms with Crippen molar-refractivity contribution in [3.05, 3.63) is 75.0 Å². The van der Waals surface area contributed by atoms with E-state index >= 15 is 0 Å². The highest BCUT2D eigenvalue weighted by atomic mass is 35.5.